The van der Waals surface area contributed by atoms with E-state index in [1.807, 2.05) is 21.1 Å². The Hall–Kier alpha value is -4.27. The van der Waals surface area contributed by atoms with E-state index in [4.69, 9.17) is 14.2 Å². The van der Waals surface area contributed by atoms with Gasteiger partial charge in [0.2, 0.25) is 0 Å². The maximum atomic E-state index is 12.8. The molecule has 63 heavy (non-hydrogen) atoms. The van der Waals surface area contributed by atoms with Gasteiger partial charge in [-0.05, 0) is 96.3 Å². The molecule has 0 aromatic rings. The Balaban J connectivity index is 4.44. The van der Waals surface area contributed by atoms with Crippen molar-refractivity contribution in [1.29, 1.82) is 0 Å². The molecule has 0 saturated heterocycles. The van der Waals surface area contributed by atoms with Gasteiger partial charge < -0.3 is 23.8 Å². The fraction of sp³-hybridized carbons (Fsp3) is 0.582. The number of ether oxygens (including phenoxy) is 3. The molecule has 1 N–H and O–H groups in total. The Morgan fingerprint density at radius 3 is 1.29 bits per heavy atom. The molecule has 2 atom stereocenters. The molecule has 0 bridgehead atoms. The molecule has 8 nitrogen and oxygen atoms in total. The number of quaternary nitrogens is 1. The maximum absolute atomic E-state index is 12.8. The molecule has 0 heterocycles. The van der Waals surface area contributed by atoms with Crippen molar-refractivity contribution < 1.29 is 38.2 Å². The summed E-state index contributed by atoms with van der Waals surface area (Å²) in [7, 11) is 5.49. The van der Waals surface area contributed by atoms with Crippen molar-refractivity contribution in [2.75, 3.05) is 41.0 Å². The second-order valence-electron chi connectivity index (χ2n) is 16.6. The van der Waals surface area contributed by atoms with Crippen LogP contribution in [0.3, 0.4) is 0 Å². The minimum Gasteiger partial charge on any atom is -0.477 e. The third kappa shape index (κ3) is 42.8. The zero-order valence-corrected chi connectivity index (χ0v) is 40.2. The average molecular weight is 875 g/mol. The van der Waals surface area contributed by atoms with E-state index in [2.05, 4.69) is 135 Å². The molecule has 0 aliphatic rings. The van der Waals surface area contributed by atoms with Gasteiger partial charge in [0.15, 0.2) is 12.1 Å². The molecule has 0 rings (SSSR count). The lowest BCUT2D eigenvalue weighted by Crippen LogP contribution is -2.50. The van der Waals surface area contributed by atoms with Crippen LogP contribution in [0.4, 0.5) is 0 Å². The molecular formula is C55H88NO7+. The summed E-state index contributed by atoms with van der Waals surface area (Å²) in [6, 6.07) is -0.634. The van der Waals surface area contributed by atoms with Crippen molar-refractivity contribution >= 4 is 17.9 Å². The van der Waals surface area contributed by atoms with Crippen LogP contribution in [0, 0.1) is 0 Å². The molecule has 2 unspecified atom stereocenters. The highest BCUT2D eigenvalue weighted by Crippen LogP contribution is 2.12. The summed E-state index contributed by atoms with van der Waals surface area (Å²) >= 11 is 0. The number of hydrogen-bond donors (Lipinski definition) is 1. The van der Waals surface area contributed by atoms with Gasteiger partial charge in [-0.2, -0.15) is 0 Å². The quantitative estimate of drug-likeness (QED) is 0.0283. The van der Waals surface area contributed by atoms with Gasteiger partial charge in [-0.25, -0.2) is 4.79 Å². The number of aliphatic carboxylic acids is 1. The Kier molecular flexibility index (Phi) is 41.3. The van der Waals surface area contributed by atoms with E-state index in [0.29, 0.717) is 19.3 Å². The highest BCUT2D eigenvalue weighted by Gasteiger charge is 2.31. The third-order valence-corrected chi connectivity index (χ3v) is 9.86. The highest BCUT2D eigenvalue weighted by molar-refractivity contribution is 5.72. The van der Waals surface area contributed by atoms with Crippen LogP contribution in [-0.2, 0) is 28.6 Å². The lowest BCUT2D eigenvalue weighted by atomic mass is 10.1. The van der Waals surface area contributed by atoms with E-state index in [9.17, 15) is 19.5 Å². The van der Waals surface area contributed by atoms with Gasteiger partial charge in [-0.3, -0.25) is 9.59 Å². The summed E-state index contributed by atoms with van der Waals surface area (Å²) in [5.74, 6) is -1.58. The van der Waals surface area contributed by atoms with Crippen molar-refractivity contribution in [3.05, 3.63) is 122 Å². The fourth-order valence-electron chi connectivity index (χ4n) is 6.21. The van der Waals surface area contributed by atoms with E-state index >= 15 is 0 Å². The van der Waals surface area contributed by atoms with Gasteiger partial charge in [0, 0.05) is 19.3 Å². The molecule has 0 aromatic heterocycles. The van der Waals surface area contributed by atoms with Gasteiger partial charge in [0.05, 0.1) is 34.4 Å². The summed E-state index contributed by atoms with van der Waals surface area (Å²) in [4.78, 5) is 37.1. The molecule has 0 spiro atoms. The summed E-state index contributed by atoms with van der Waals surface area (Å²) in [5.41, 5.74) is 0. The number of carboxylic acid groups (broad SMARTS) is 1. The first kappa shape index (κ1) is 58.7. The van der Waals surface area contributed by atoms with E-state index in [0.717, 1.165) is 103 Å². The molecule has 354 valence electrons. The summed E-state index contributed by atoms with van der Waals surface area (Å²) < 4.78 is 17.2. The minimum atomic E-state index is -0.891. The largest absolute Gasteiger partial charge is 0.477 e. The van der Waals surface area contributed by atoms with Crippen molar-refractivity contribution in [2.45, 2.75) is 167 Å². The summed E-state index contributed by atoms with van der Waals surface area (Å²) in [5, 5.41) is 9.64. The van der Waals surface area contributed by atoms with Gasteiger partial charge in [-0.1, -0.05) is 161 Å². The number of nitrogens with zero attached hydrogens (tertiary/aromatic N) is 1. The number of unbranched alkanes of at least 4 members (excludes halogenated alkanes) is 7. The van der Waals surface area contributed by atoms with Crippen LogP contribution >= 0.6 is 0 Å². The molecule has 8 heteroatoms. The van der Waals surface area contributed by atoms with Crippen molar-refractivity contribution in [2.24, 2.45) is 0 Å². The molecule has 0 amide bonds. The first-order valence-electron chi connectivity index (χ1n) is 24.1. The normalized spacial score (nSPS) is 14.0. The predicted octanol–water partition coefficient (Wildman–Crippen LogP) is 13.8. The maximum Gasteiger partial charge on any atom is 0.362 e. The lowest BCUT2D eigenvalue weighted by molar-refractivity contribution is -0.887. The van der Waals surface area contributed by atoms with Crippen LogP contribution in [0.25, 0.3) is 0 Å². The first-order chi connectivity index (χ1) is 30.6. The molecular weight excluding hydrogens is 787 g/mol. The van der Waals surface area contributed by atoms with E-state index in [1.54, 1.807) is 0 Å². The Morgan fingerprint density at radius 2 is 0.857 bits per heavy atom. The Labute approximate surface area is 384 Å². The van der Waals surface area contributed by atoms with Crippen LogP contribution in [0.2, 0.25) is 0 Å². The van der Waals surface area contributed by atoms with Crippen molar-refractivity contribution in [3.8, 4) is 0 Å². The Morgan fingerprint density at radius 1 is 0.476 bits per heavy atom. The molecule has 0 saturated carbocycles. The zero-order valence-electron chi connectivity index (χ0n) is 40.2. The van der Waals surface area contributed by atoms with Gasteiger partial charge in [-0.15, -0.1) is 0 Å². The van der Waals surface area contributed by atoms with Crippen LogP contribution in [0.5, 0.6) is 0 Å². The van der Waals surface area contributed by atoms with Crippen LogP contribution in [0.1, 0.15) is 155 Å². The van der Waals surface area contributed by atoms with Crippen LogP contribution < -0.4 is 0 Å². The summed E-state index contributed by atoms with van der Waals surface area (Å²) in [6.07, 6.45) is 62.5. The monoisotopic (exact) mass is 875 g/mol. The standard InChI is InChI=1S/C55H87NO7/c1-6-8-10-12-14-16-18-20-22-24-25-26-27-28-29-30-32-33-35-37-39-41-43-45-53(57)62-50-51(49-61-48-47-52(55(59)60)56(3,4)5)63-54(58)46-44-42-40-38-36-34-31-23-21-19-17-15-13-11-9-7-2/h8-11,14-17,20-23,25-26,28-29,32-33,37,39,51-52H,6-7,12-13,18-19,24,27,30-31,34-36,38,40-50H2,1-5H3/p+1/b10-8+,11-9+,16-14+,17-15+,22-20+,23-21+,26-25+,29-28+,33-32+,39-37+. The van der Waals surface area contributed by atoms with Gasteiger partial charge in [0.25, 0.3) is 0 Å². The number of allylic oxidation sites excluding steroid dienone is 20. The van der Waals surface area contributed by atoms with Crippen LogP contribution in [-0.4, -0.2) is 80.6 Å². The van der Waals surface area contributed by atoms with Gasteiger partial charge in [0.1, 0.15) is 6.61 Å². The third-order valence-electron chi connectivity index (χ3n) is 9.86. The van der Waals surface area contributed by atoms with E-state index in [-0.39, 0.29) is 42.7 Å². The number of carbonyl (C=O) groups is 3. The molecule has 0 radical (unpaired) electrons. The minimum absolute atomic E-state index is 0.0286. The number of hydrogen-bond acceptors (Lipinski definition) is 6. The molecule has 0 aromatic carbocycles. The van der Waals surface area contributed by atoms with Crippen molar-refractivity contribution in [3.63, 3.8) is 0 Å². The fourth-order valence-corrected chi connectivity index (χ4v) is 6.21. The number of carboxylic acids is 1. The molecule has 0 fully saturated rings. The second kappa shape index (κ2) is 44.3. The van der Waals surface area contributed by atoms with E-state index in [1.165, 1.54) is 12.8 Å². The second-order valence-corrected chi connectivity index (χ2v) is 16.6. The number of likely N-dealkylation sites (N-methyl/N-ethyl adjacent to an activating group) is 1. The van der Waals surface area contributed by atoms with Crippen LogP contribution in [0.15, 0.2) is 122 Å². The molecule has 0 aliphatic heterocycles. The highest BCUT2D eigenvalue weighted by atomic mass is 16.6. The zero-order chi connectivity index (χ0) is 46.3. The SMILES string of the molecule is CC/C=C/C/C=C/C/C=C/C/C=C/C/C=C/C/C=C/C/C=C/CCCC(=O)OCC(COCCC(C(=O)O)[N+](C)(C)C)OC(=O)CCCCCCCC/C=C/C/C=C/C/C=C/CC. The predicted molar refractivity (Wildman–Crippen MR) is 265 cm³/mol. The number of esters is 2. The number of rotatable bonds is 41. The van der Waals surface area contributed by atoms with Crippen molar-refractivity contribution in [1.82, 2.24) is 0 Å². The topological polar surface area (TPSA) is 99.1 Å². The van der Waals surface area contributed by atoms with Gasteiger partial charge >= 0.3 is 17.9 Å². The summed E-state index contributed by atoms with van der Waals surface area (Å²) in [6.45, 7) is 4.41. The molecule has 0 aliphatic carbocycles. The first-order valence-corrected chi connectivity index (χ1v) is 24.1. The lowest BCUT2D eigenvalue weighted by Gasteiger charge is -2.31. The average Bonchev–Trinajstić information content (AvgIpc) is 3.24. The smallest absolute Gasteiger partial charge is 0.362 e. The number of carbonyl (C=O) groups excluding carboxylic acids is 2. The Bertz CT molecular complexity index is 1440. The van der Waals surface area contributed by atoms with E-state index < -0.39 is 18.1 Å².